The van der Waals surface area contributed by atoms with E-state index in [0.717, 1.165) is 16.3 Å². The van der Waals surface area contributed by atoms with Crippen LogP contribution in [0.3, 0.4) is 0 Å². The minimum Gasteiger partial charge on any atom is -0.493 e. The van der Waals surface area contributed by atoms with E-state index in [-0.39, 0.29) is 11.7 Å². The maximum Gasteiger partial charge on any atom is 0.234 e. The number of methoxy groups -OCH3 is 2. The lowest BCUT2D eigenvalue weighted by molar-refractivity contribution is -0.113. The van der Waals surface area contributed by atoms with Gasteiger partial charge in [-0.1, -0.05) is 41.6 Å². The molecule has 0 aliphatic carbocycles. The van der Waals surface area contributed by atoms with Gasteiger partial charge in [-0.2, -0.15) is 0 Å². The zero-order valence-electron chi connectivity index (χ0n) is 16.9. The zero-order valence-corrected chi connectivity index (χ0v) is 17.7. The summed E-state index contributed by atoms with van der Waals surface area (Å²) in [6.45, 7) is 3.96. The summed E-state index contributed by atoms with van der Waals surface area (Å²) in [5.74, 6) is 1.94. The molecule has 0 fully saturated rings. The maximum atomic E-state index is 12.4. The van der Waals surface area contributed by atoms with E-state index in [1.54, 1.807) is 32.4 Å². The number of thioether (sulfide) groups is 1. The van der Waals surface area contributed by atoms with Gasteiger partial charge in [0, 0.05) is 23.0 Å². The van der Waals surface area contributed by atoms with E-state index >= 15 is 0 Å². The van der Waals surface area contributed by atoms with Gasteiger partial charge in [0.15, 0.2) is 17.3 Å². The average molecular weight is 410 g/mol. The van der Waals surface area contributed by atoms with Gasteiger partial charge in [0.25, 0.3) is 0 Å². The fraction of sp³-hybridized carbons (Fsp3) is 0.227. The van der Waals surface area contributed by atoms with Crippen molar-refractivity contribution in [1.29, 1.82) is 0 Å². The van der Waals surface area contributed by atoms with Gasteiger partial charge >= 0.3 is 0 Å². The van der Waals surface area contributed by atoms with Crippen molar-refractivity contribution in [2.24, 2.45) is 0 Å². The van der Waals surface area contributed by atoms with Crippen molar-refractivity contribution >= 4 is 23.4 Å². The maximum absolute atomic E-state index is 12.4. The molecule has 0 bridgehead atoms. The number of ether oxygens (including phenoxy) is 2. The lowest BCUT2D eigenvalue weighted by Gasteiger charge is -2.10. The summed E-state index contributed by atoms with van der Waals surface area (Å²) in [6, 6.07) is 15.2. The van der Waals surface area contributed by atoms with Crippen LogP contribution in [-0.2, 0) is 4.79 Å². The van der Waals surface area contributed by atoms with E-state index < -0.39 is 0 Å². The molecule has 1 aromatic heterocycles. The molecule has 0 radical (unpaired) electrons. The van der Waals surface area contributed by atoms with Crippen LogP contribution in [0.15, 0.2) is 53.6 Å². The van der Waals surface area contributed by atoms with E-state index in [1.807, 2.05) is 44.2 Å². The van der Waals surface area contributed by atoms with Gasteiger partial charge in [-0.15, -0.1) is 0 Å². The van der Waals surface area contributed by atoms with Gasteiger partial charge in [-0.3, -0.25) is 4.79 Å². The van der Waals surface area contributed by atoms with Gasteiger partial charge in [0.2, 0.25) is 5.91 Å². The molecule has 2 aromatic carbocycles. The number of hydrogen-bond acceptors (Lipinski definition) is 6. The van der Waals surface area contributed by atoms with Crippen molar-refractivity contribution in [3.8, 4) is 22.9 Å². The molecule has 29 heavy (non-hydrogen) atoms. The molecule has 0 unspecified atom stereocenters. The van der Waals surface area contributed by atoms with Gasteiger partial charge in [-0.05, 0) is 32.0 Å². The Morgan fingerprint density at radius 2 is 1.69 bits per heavy atom. The third kappa shape index (κ3) is 5.48. The molecule has 0 spiro atoms. The number of benzene rings is 2. The summed E-state index contributed by atoms with van der Waals surface area (Å²) >= 11 is 1.37. The van der Waals surface area contributed by atoms with E-state index in [0.29, 0.717) is 23.0 Å². The second-order valence-electron chi connectivity index (χ2n) is 6.44. The summed E-state index contributed by atoms with van der Waals surface area (Å²) in [7, 11) is 3.13. The molecule has 0 aliphatic heterocycles. The van der Waals surface area contributed by atoms with Crippen LogP contribution in [0.25, 0.3) is 11.4 Å². The molecular weight excluding hydrogens is 386 g/mol. The predicted molar refractivity (Wildman–Crippen MR) is 116 cm³/mol. The summed E-state index contributed by atoms with van der Waals surface area (Å²) in [6.07, 6.45) is 0. The number of aromatic nitrogens is 2. The largest absolute Gasteiger partial charge is 0.493 e. The first kappa shape index (κ1) is 20.7. The highest BCUT2D eigenvalue weighted by Gasteiger charge is 2.10. The smallest absolute Gasteiger partial charge is 0.234 e. The van der Waals surface area contributed by atoms with Crippen molar-refractivity contribution in [1.82, 2.24) is 9.97 Å². The van der Waals surface area contributed by atoms with E-state index in [2.05, 4.69) is 15.3 Å². The fourth-order valence-corrected chi connectivity index (χ4v) is 3.45. The highest BCUT2D eigenvalue weighted by atomic mass is 32.2. The molecule has 6 nitrogen and oxygen atoms in total. The van der Waals surface area contributed by atoms with Gasteiger partial charge in [0.1, 0.15) is 5.03 Å². The second kappa shape index (κ2) is 9.43. The molecule has 0 aliphatic rings. The number of anilines is 1. The van der Waals surface area contributed by atoms with Gasteiger partial charge in [-0.25, -0.2) is 9.97 Å². The lowest BCUT2D eigenvalue weighted by Crippen LogP contribution is -2.14. The number of carbonyl (C=O) groups excluding carboxylic acids is 1. The van der Waals surface area contributed by atoms with Crippen LogP contribution in [0.4, 0.5) is 5.69 Å². The molecule has 0 saturated carbocycles. The summed E-state index contributed by atoms with van der Waals surface area (Å²) in [4.78, 5) is 21.5. The fourth-order valence-electron chi connectivity index (χ4n) is 2.70. The predicted octanol–water partition coefficient (Wildman–Crippen LogP) is 4.51. The van der Waals surface area contributed by atoms with Crippen molar-refractivity contribution in [3.63, 3.8) is 0 Å². The SMILES string of the molecule is COc1ccc(NC(=O)CSc2cc(C)nc(-c3ccc(C)cc3)n2)cc1OC. The Balaban J connectivity index is 1.66. The zero-order chi connectivity index (χ0) is 20.8. The Morgan fingerprint density at radius 3 is 2.38 bits per heavy atom. The number of amides is 1. The van der Waals surface area contributed by atoms with Crippen molar-refractivity contribution in [2.45, 2.75) is 18.9 Å². The van der Waals surface area contributed by atoms with E-state index in [1.165, 1.54) is 17.3 Å². The van der Waals surface area contributed by atoms with Crippen LogP contribution in [0.5, 0.6) is 11.5 Å². The van der Waals surface area contributed by atoms with Crippen LogP contribution >= 0.6 is 11.8 Å². The Morgan fingerprint density at radius 1 is 0.966 bits per heavy atom. The number of hydrogen-bond donors (Lipinski definition) is 1. The third-order valence-corrected chi connectivity index (χ3v) is 5.07. The molecule has 0 saturated heterocycles. The van der Waals surface area contributed by atoms with Crippen LogP contribution in [0.2, 0.25) is 0 Å². The minimum atomic E-state index is -0.129. The van der Waals surface area contributed by atoms with Crippen LogP contribution in [-0.4, -0.2) is 35.8 Å². The highest BCUT2D eigenvalue weighted by molar-refractivity contribution is 7.99. The molecule has 0 atom stereocenters. The molecule has 3 aromatic rings. The first-order valence-electron chi connectivity index (χ1n) is 9.06. The minimum absolute atomic E-state index is 0.129. The Labute approximate surface area is 174 Å². The summed E-state index contributed by atoms with van der Waals surface area (Å²) in [5, 5.41) is 3.63. The normalized spacial score (nSPS) is 10.5. The Hall–Kier alpha value is -3.06. The number of aryl methyl sites for hydroxylation is 2. The van der Waals surface area contributed by atoms with Crippen molar-refractivity contribution in [2.75, 3.05) is 25.3 Å². The van der Waals surface area contributed by atoms with E-state index in [9.17, 15) is 4.79 Å². The Bertz CT molecular complexity index is 1010. The number of carbonyl (C=O) groups is 1. The molecule has 1 amide bonds. The molecule has 3 rings (SSSR count). The molecular formula is C22H23N3O3S. The number of nitrogens with one attached hydrogen (secondary N) is 1. The highest BCUT2D eigenvalue weighted by Crippen LogP contribution is 2.30. The topological polar surface area (TPSA) is 73.3 Å². The first-order valence-corrected chi connectivity index (χ1v) is 10.0. The van der Waals surface area contributed by atoms with Gasteiger partial charge in [0.05, 0.1) is 20.0 Å². The molecule has 1 heterocycles. The van der Waals surface area contributed by atoms with Crippen LogP contribution in [0.1, 0.15) is 11.3 Å². The van der Waals surface area contributed by atoms with Crippen molar-refractivity contribution < 1.29 is 14.3 Å². The third-order valence-electron chi connectivity index (χ3n) is 4.16. The summed E-state index contributed by atoms with van der Waals surface area (Å²) in [5.41, 5.74) is 3.64. The molecule has 1 N–H and O–H groups in total. The lowest BCUT2D eigenvalue weighted by atomic mass is 10.1. The van der Waals surface area contributed by atoms with Crippen LogP contribution in [0, 0.1) is 13.8 Å². The van der Waals surface area contributed by atoms with Crippen molar-refractivity contribution in [3.05, 3.63) is 59.8 Å². The van der Waals surface area contributed by atoms with Crippen LogP contribution < -0.4 is 14.8 Å². The number of nitrogens with zero attached hydrogens (tertiary/aromatic N) is 2. The summed E-state index contributed by atoms with van der Waals surface area (Å²) < 4.78 is 10.5. The Kier molecular flexibility index (Phi) is 6.72. The first-order chi connectivity index (χ1) is 14.0. The molecule has 150 valence electrons. The standard InChI is InChI=1S/C22H23N3O3S/c1-14-5-7-16(8-6-14)22-23-15(2)11-21(25-22)29-13-20(26)24-17-9-10-18(27-3)19(12-17)28-4/h5-12H,13H2,1-4H3,(H,24,26). The quantitative estimate of drug-likeness (QED) is 0.457. The second-order valence-corrected chi connectivity index (χ2v) is 7.44. The average Bonchev–Trinajstić information content (AvgIpc) is 2.72. The monoisotopic (exact) mass is 409 g/mol. The van der Waals surface area contributed by atoms with Gasteiger partial charge < -0.3 is 14.8 Å². The molecule has 7 heteroatoms. The number of rotatable bonds is 7. The van der Waals surface area contributed by atoms with E-state index in [4.69, 9.17) is 9.47 Å².